The number of nitrogens with zero attached hydrogens (tertiary/aromatic N) is 1. The first-order chi connectivity index (χ1) is 7.02. The van der Waals surface area contributed by atoms with Crippen LogP contribution in [0.2, 0.25) is 5.02 Å². The van der Waals surface area contributed by atoms with Gasteiger partial charge < -0.3 is 10.5 Å². The van der Waals surface area contributed by atoms with Gasteiger partial charge in [0.2, 0.25) is 5.60 Å². The Bertz CT molecular complexity index is 441. The molecule has 0 fully saturated rings. The molecule has 5 heteroatoms. The minimum absolute atomic E-state index is 0.0996. The second-order valence-electron chi connectivity index (χ2n) is 3.40. The van der Waals surface area contributed by atoms with Gasteiger partial charge in [-0.2, -0.15) is 4.99 Å². The van der Waals surface area contributed by atoms with E-state index >= 15 is 0 Å². The van der Waals surface area contributed by atoms with E-state index in [0.29, 0.717) is 10.6 Å². The van der Waals surface area contributed by atoms with E-state index in [1.165, 1.54) is 0 Å². The number of carbonyl (C=O) groups excluding carboxylic acids is 1. The van der Waals surface area contributed by atoms with Crippen LogP contribution in [-0.2, 0) is 15.1 Å². The standard InChI is InChI=1S/C10H9ClN2O2/c1-10(8(14)13-9(12)15-10)6-2-4-7(11)5-3-6/h2-5H,1H3,(H2,12,13,14). The van der Waals surface area contributed by atoms with Crippen LogP contribution in [0.1, 0.15) is 12.5 Å². The second-order valence-corrected chi connectivity index (χ2v) is 3.83. The molecule has 1 atom stereocenters. The van der Waals surface area contributed by atoms with Gasteiger partial charge in [-0.05, 0) is 19.1 Å². The second kappa shape index (κ2) is 3.24. The van der Waals surface area contributed by atoms with Gasteiger partial charge in [-0.3, -0.25) is 4.79 Å². The number of amidine groups is 1. The molecule has 2 rings (SSSR count). The van der Waals surface area contributed by atoms with Crippen molar-refractivity contribution in [2.45, 2.75) is 12.5 Å². The highest BCUT2D eigenvalue weighted by atomic mass is 35.5. The molecule has 0 aliphatic carbocycles. The molecule has 0 saturated heterocycles. The number of ether oxygens (including phenoxy) is 1. The number of hydrogen-bond acceptors (Lipinski definition) is 3. The van der Waals surface area contributed by atoms with Gasteiger partial charge in [-0.15, -0.1) is 0 Å². The summed E-state index contributed by atoms with van der Waals surface area (Å²) >= 11 is 5.75. The average Bonchev–Trinajstić information content (AvgIpc) is 2.42. The minimum Gasteiger partial charge on any atom is -0.444 e. The van der Waals surface area contributed by atoms with E-state index in [0.717, 1.165) is 0 Å². The first-order valence-corrected chi connectivity index (χ1v) is 4.74. The topological polar surface area (TPSA) is 64.7 Å². The summed E-state index contributed by atoms with van der Waals surface area (Å²) in [5.74, 6) is -0.401. The first-order valence-electron chi connectivity index (χ1n) is 4.36. The van der Waals surface area contributed by atoms with Crippen molar-refractivity contribution >= 4 is 23.5 Å². The smallest absolute Gasteiger partial charge is 0.298 e. The lowest BCUT2D eigenvalue weighted by Gasteiger charge is -2.21. The SMILES string of the molecule is CC1(c2ccc(Cl)cc2)OC(N)=NC1=O. The molecule has 0 bridgehead atoms. The molecule has 2 N–H and O–H groups in total. The highest BCUT2D eigenvalue weighted by molar-refractivity contribution is 6.30. The molecular weight excluding hydrogens is 216 g/mol. The van der Waals surface area contributed by atoms with Gasteiger partial charge in [0, 0.05) is 10.6 Å². The van der Waals surface area contributed by atoms with E-state index in [9.17, 15) is 4.79 Å². The van der Waals surface area contributed by atoms with E-state index < -0.39 is 11.5 Å². The van der Waals surface area contributed by atoms with Crippen LogP contribution in [0, 0.1) is 0 Å². The maximum absolute atomic E-state index is 11.6. The van der Waals surface area contributed by atoms with Crippen LogP contribution in [0.4, 0.5) is 0 Å². The van der Waals surface area contributed by atoms with E-state index in [4.69, 9.17) is 22.1 Å². The molecule has 0 saturated carbocycles. The largest absolute Gasteiger partial charge is 0.444 e. The number of hydrogen-bond donors (Lipinski definition) is 1. The molecule has 1 heterocycles. The summed E-state index contributed by atoms with van der Waals surface area (Å²) in [6.45, 7) is 1.63. The normalized spacial score (nSPS) is 24.9. The Morgan fingerprint density at radius 2 is 2.00 bits per heavy atom. The Hall–Kier alpha value is -1.55. The van der Waals surface area contributed by atoms with E-state index in [2.05, 4.69) is 4.99 Å². The Balaban J connectivity index is 2.40. The van der Waals surface area contributed by atoms with Crippen molar-refractivity contribution < 1.29 is 9.53 Å². The van der Waals surface area contributed by atoms with Crippen LogP contribution in [0.3, 0.4) is 0 Å². The van der Waals surface area contributed by atoms with E-state index in [-0.39, 0.29) is 6.02 Å². The van der Waals surface area contributed by atoms with Gasteiger partial charge in [0.05, 0.1) is 0 Å². The summed E-state index contributed by atoms with van der Waals surface area (Å²) in [6, 6.07) is 6.71. The van der Waals surface area contributed by atoms with E-state index in [1.54, 1.807) is 31.2 Å². The van der Waals surface area contributed by atoms with Gasteiger partial charge in [-0.25, -0.2) is 0 Å². The maximum atomic E-state index is 11.6. The van der Waals surface area contributed by atoms with Gasteiger partial charge in [-0.1, -0.05) is 23.7 Å². The molecule has 0 radical (unpaired) electrons. The van der Waals surface area contributed by atoms with Crippen molar-refractivity contribution in [3.63, 3.8) is 0 Å². The van der Waals surface area contributed by atoms with Gasteiger partial charge in [0.25, 0.3) is 11.9 Å². The van der Waals surface area contributed by atoms with Crippen molar-refractivity contribution in [3.05, 3.63) is 34.9 Å². The lowest BCUT2D eigenvalue weighted by Crippen LogP contribution is -2.31. The number of carbonyl (C=O) groups is 1. The lowest BCUT2D eigenvalue weighted by molar-refractivity contribution is -0.130. The van der Waals surface area contributed by atoms with Crippen molar-refractivity contribution in [1.29, 1.82) is 0 Å². The molecule has 1 amide bonds. The Morgan fingerprint density at radius 1 is 1.40 bits per heavy atom. The molecule has 4 nitrogen and oxygen atoms in total. The summed E-state index contributed by atoms with van der Waals surface area (Å²) in [7, 11) is 0. The Kier molecular flexibility index (Phi) is 2.16. The number of rotatable bonds is 1. The van der Waals surface area contributed by atoms with Gasteiger partial charge in [0.1, 0.15) is 0 Å². The summed E-state index contributed by atoms with van der Waals surface area (Å²) in [5.41, 5.74) is 4.91. The van der Waals surface area contributed by atoms with Crippen LogP contribution in [0.5, 0.6) is 0 Å². The summed E-state index contributed by atoms with van der Waals surface area (Å²) < 4.78 is 5.22. The van der Waals surface area contributed by atoms with Gasteiger partial charge in [0.15, 0.2) is 0 Å². The Morgan fingerprint density at radius 3 is 2.47 bits per heavy atom. The van der Waals surface area contributed by atoms with Crippen molar-refractivity contribution in [3.8, 4) is 0 Å². The van der Waals surface area contributed by atoms with Crippen LogP contribution >= 0.6 is 11.6 Å². The highest BCUT2D eigenvalue weighted by Gasteiger charge is 2.43. The molecule has 1 aromatic rings. The monoisotopic (exact) mass is 224 g/mol. The van der Waals surface area contributed by atoms with Crippen molar-refractivity contribution in [2.75, 3.05) is 0 Å². The van der Waals surface area contributed by atoms with E-state index in [1.807, 2.05) is 0 Å². The lowest BCUT2D eigenvalue weighted by atomic mass is 9.96. The van der Waals surface area contributed by atoms with Crippen LogP contribution in [-0.4, -0.2) is 11.9 Å². The third kappa shape index (κ3) is 1.57. The zero-order valence-electron chi connectivity index (χ0n) is 8.03. The minimum atomic E-state index is -1.12. The van der Waals surface area contributed by atoms with Crippen LogP contribution < -0.4 is 5.73 Å². The predicted octanol–water partition coefficient (Wildman–Crippen LogP) is 1.43. The molecule has 0 aromatic heterocycles. The summed E-state index contributed by atoms with van der Waals surface area (Å²) in [6.07, 6.45) is 0. The zero-order chi connectivity index (χ0) is 11.1. The van der Waals surface area contributed by atoms with Crippen molar-refractivity contribution in [2.24, 2.45) is 10.7 Å². The molecular formula is C10H9ClN2O2. The zero-order valence-corrected chi connectivity index (χ0v) is 8.78. The number of benzene rings is 1. The Labute approximate surface area is 91.7 Å². The molecule has 15 heavy (non-hydrogen) atoms. The van der Waals surface area contributed by atoms with Gasteiger partial charge >= 0.3 is 0 Å². The average molecular weight is 225 g/mol. The van der Waals surface area contributed by atoms with Crippen molar-refractivity contribution in [1.82, 2.24) is 0 Å². The predicted molar refractivity (Wildman–Crippen MR) is 56.5 cm³/mol. The molecule has 1 aliphatic rings. The fraction of sp³-hybridized carbons (Fsp3) is 0.200. The summed E-state index contributed by atoms with van der Waals surface area (Å²) in [5, 5.41) is 0.599. The third-order valence-electron chi connectivity index (χ3n) is 2.32. The first kappa shape index (κ1) is 9.98. The number of nitrogens with two attached hydrogens (primary N) is 1. The summed E-state index contributed by atoms with van der Waals surface area (Å²) in [4.78, 5) is 15.1. The molecule has 0 spiro atoms. The number of halogens is 1. The fourth-order valence-electron chi connectivity index (χ4n) is 1.43. The molecule has 1 aromatic carbocycles. The maximum Gasteiger partial charge on any atom is 0.298 e. The quantitative estimate of drug-likeness (QED) is 0.785. The fourth-order valence-corrected chi connectivity index (χ4v) is 1.56. The molecule has 1 unspecified atom stereocenters. The van der Waals surface area contributed by atoms with Crippen LogP contribution in [0.25, 0.3) is 0 Å². The third-order valence-corrected chi connectivity index (χ3v) is 2.58. The number of amides is 1. The number of aliphatic imine (C=N–C) groups is 1. The molecule has 1 aliphatic heterocycles. The molecule has 78 valence electrons. The highest BCUT2D eigenvalue weighted by Crippen LogP contribution is 2.31. The van der Waals surface area contributed by atoms with Crippen LogP contribution in [0.15, 0.2) is 29.3 Å².